The van der Waals surface area contributed by atoms with Gasteiger partial charge in [-0.25, -0.2) is 4.79 Å². The van der Waals surface area contributed by atoms with Gasteiger partial charge in [0, 0.05) is 19.7 Å². The lowest BCUT2D eigenvalue weighted by Gasteiger charge is -2.14. The summed E-state index contributed by atoms with van der Waals surface area (Å²) >= 11 is 14.7. The van der Waals surface area contributed by atoms with Gasteiger partial charge in [-0.05, 0) is 67.2 Å². The monoisotopic (exact) mass is 524 g/mol. The minimum Gasteiger partial charge on any atom is -0.462 e. The van der Waals surface area contributed by atoms with Crippen molar-refractivity contribution in [1.29, 1.82) is 0 Å². The van der Waals surface area contributed by atoms with Gasteiger partial charge in [0.1, 0.15) is 5.00 Å². The van der Waals surface area contributed by atoms with Crippen molar-refractivity contribution in [1.82, 2.24) is 0 Å². The van der Waals surface area contributed by atoms with E-state index in [2.05, 4.69) is 10.6 Å². The van der Waals surface area contributed by atoms with Crippen molar-refractivity contribution in [2.45, 2.75) is 16.7 Å². The smallest absolute Gasteiger partial charge is 0.341 e. The Hall–Kier alpha value is -2.84. The quantitative estimate of drug-likeness (QED) is 0.188. The highest BCUT2D eigenvalue weighted by atomic mass is 35.5. The van der Waals surface area contributed by atoms with Crippen LogP contribution in [0.4, 0.5) is 10.7 Å². The minimum atomic E-state index is -0.384. The molecule has 0 aliphatic heterocycles. The molecule has 0 amide bonds. The van der Waals surface area contributed by atoms with Gasteiger partial charge in [-0.15, -0.1) is 11.3 Å². The first-order valence-corrected chi connectivity index (χ1v) is 12.9. The van der Waals surface area contributed by atoms with Gasteiger partial charge in [0.2, 0.25) is 0 Å². The van der Waals surface area contributed by atoms with Gasteiger partial charge in [0.15, 0.2) is 5.11 Å². The molecule has 3 aromatic carbocycles. The summed E-state index contributed by atoms with van der Waals surface area (Å²) in [5, 5.41) is 8.18. The van der Waals surface area contributed by atoms with E-state index in [1.54, 1.807) is 18.7 Å². The molecular formula is C26H21ClN2O2S3. The zero-order valence-electron chi connectivity index (χ0n) is 18.2. The molecule has 0 atom stereocenters. The molecule has 2 N–H and O–H groups in total. The molecule has 8 heteroatoms. The summed E-state index contributed by atoms with van der Waals surface area (Å²) in [6.07, 6.45) is 0. The van der Waals surface area contributed by atoms with E-state index in [0.29, 0.717) is 27.3 Å². The SMILES string of the molecule is CCOC(=O)c1cc(-c2ccccc2)sc1NC(=S)Nc1ccccc1Sc1ccc(Cl)cc1. The van der Waals surface area contributed by atoms with E-state index in [0.717, 1.165) is 25.9 Å². The van der Waals surface area contributed by atoms with Crippen LogP contribution in [0, 0.1) is 0 Å². The fourth-order valence-corrected chi connectivity index (χ4v) is 5.49. The molecule has 0 radical (unpaired) electrons. The van der Waals surface area contributed by atoms with Crippen molar-refractivity contribution in [3.8, 4) is 10.4 Å². The molecule has 1 heterocycles. The molecule has 4 rings (SSSR count). The number of rotatable bonds is 7. The summed E-state index contributed by atoms with van der Waals surface area (Å²) in [6.45, 7) is 2.09. The predicted octanol–water partition coefficient (Wildman–Crippen LogP) is 8.21. The molecule has 4 nitrogen and oxygen atoms in total. The second kappa shape index (κ2) is 11.5. The van der Waals surface area contributed by atoms with Gasteiger partial charge in [-0.2, -0.15) is 0 Å². The molecule has 0 fully saturated rings. The van der Waals surface area contributed by atoms with Crippen molar-refractivity contribution in [3.63, 3.8) is 0 Å². The molecule has 0 saturated carbocycles. The number of hydrogen-bond acceptors (Lipinski definition) is 5. The molecule has 0 aliphatic rings. The maximum atomic E-state index is 12.6. The number of nitrogens with one attached hydrogen (secondary N) is 2. The largest absolute Gasteiger partial charge is 0.462 e. The first kappa shape index (κ1) is 24.3. The average Bonchev–Trinajstić information content (AvgIpc) is 3.26. The molecule has 0 aliphatic carbocycles. The third-order valence-corrected chi connectivity index (χ3v) is 7.33. The molecule has 4 aromatic rings. The van der Waals surface area contributed by atoms with Crippen LogP contribution < -0.4 is 10.6 Å². The number of para-hydroxylation sites is 1. The van der Waals surface area contributed by atoms with Crippen LogP contribution in [0.3, 0.4) is 0 Å². The van der Waals surface area contributed by atoms with Gasteiger partial charge in [-0.3, -0.25) is 0 Å². The van der Waals surface area contributed by atoms with Crippen LogP contribution in [0.15, 0.2) is 94.7 Å². The minimum absolute atomic E-state index is 0.298. The summed E-state index contributed by atoms with van der Waals surface area (Å²) in [5.74, 6) is -0.384. The van der Waals surface area contributed by atoms with E-state index in [9.17, 15) is 4.79 Å². The molecule has 1 aromatic heterocycles. The number of thiophene rings is 1. The number of esters is 1. The van der Waals surface area contributed by atoms with Crippen LogP contribution in [0.1, 0.15) is 17.3 Å². The number of carbonyl (C=O) groups is 1. The van der Waals surface area contributed by atoms with E-state index < -0.39 is 0 Å². The lowest BCUT2D eigenvalue weighted by atomic mass is 10.1. The first-order valence-electron chi connectivity index (χ1n) is 10.5. The Bertz CT molecular complexity index is 1290. The fraction of sp³-hybridized carbons (Fsp3) is 0.0769. The van der Waals surface area contributed by atoms with Crippen LogP contribution in [-0.4, -0.2) is 17.7 Å². The van der Waals surface area contributed by atoms with Crippen LogP contribution in [0.2, 0.25) is 5.02 Å². The molecule has 172 valence electrons. The van der Waals surface area contributed by atoms with Gasteiger partial charge in [-0.1, -0.05) is 65.8 Å². The normalized spacial score (nSPS) is 10.5. The molecule has 0 saturated heterocycles. The highest BCUT2D eigenvalue weighted by Gasteiger charge is 2.19. The third-order valence-electron chi connectivity index (χ3n) is 4.69. The topological polar surface area (TPSA) is 50.4 Å². The lowest BCUT2D eigenvalue weighted by molar-refractivity contribution is 0.0528. The number of anilines is 2. The van der Waals surface area contributed by atoms with Crippen LogP contribution >= 0.6 is 46.9 Å². The Morgan fingerprint density at radius 1 is 1.00 bits per heavy atom. The van der Waals surface area contributed by atoms with Gasteiger partial charge in [0.05, 0.1) is 17.9 Å². The van der Waals surface area contributed by atoms with Crippen LogP contribution in [-0.2, 0) is 4.74 Å². The number of ether oxygens (including phenoxy) is 1. The molecule has 0 unspecified atom stereocenters. The highest BCUT2D eigenvalue weighted by molar-refractivity contribution is 7.99. The molecule has 0 bridgehead atoms. The third kappa shape index (κ3) is 6.18. The Balaban J connectivity index is 1.54. The molecule has 34 heavy (non-hydrogen) atoms. The van der Waals surface area contributed by atoms with E-state index in [1.807, 2.05) is 84.9 Å². The standard InChI is InChI=1S/C26H21ClN2O2S3/c1-2-31-25(30)20-16-23(17-8-4-3-5-9-17)34-24(20)29-26(32)28-21-10-6-7-11-22(21)33-19-14-12-18(27)13-15-19/h3-16H,2H2,1H3,(H2,28,29,32). The van der Waals surface area contributed by atoms with Crippen molar-refractivity contribution in [2.24, 2.45) is 0 Å². The maximum Gasteiger partial charge on any atom is 0.341 e. The fourth-order valence-electron chi connectivity index (χ4n) is 3.13. The molecule has 0 spiro atoms. The maximum absolute atomic E-state index is 12.6. The van der Waals surface area contributed by atoms with Crippen molar-refractivity contribution < 1.29 is 9.53 Å². The van der Waals surface area contributed by atoms with Crippen molar-refractivity contribution >= 4 is 68.7 Å². The summed E-state index contributed by atoms with van der Waals surface area (Å²) in [7, 11) is 0. The van der Waals surface area contributed by atoms with E-state index in [4.69, 9.17) is 28.6 Å². The number of hydrogen-bond donors (Lipinski definition) is 2. The number of halogens is 1. The zero-order chi connectivity index (χ0) is 23.9. The van der Waals surface area contributed by atoms with E-state index >= 15 is 0 Å². The van der Waals surface area contributed by atoms with Gasteiger partial charge >= 0.3 is 5.97 Å². The first-order chi connectivity index (χ1) is 16.5. The van der Waals surface area contributed by atoms with Gasteiger partial charge in [0.25, 0.3) is 0 Å². The number of thiocarbonyl (C=S) groups is 1. The van der Waals surface area contributed by atoms with Crippen molar-refractivity contribution in [2.75, 3.05) is 17.2 Å². The predicted molar refractivity (Wildman–Crippen MR) is 148 cm³/mol. The summed E-state index contributed by atoms with van der Waals surface area (Å²) in [6, 6.07) is 27.3. The van der Waals surface area contributed by atoms with Crippen LogP contribution in [0.25, 0.3) is 10.4 Å². The van der Waals surface area contributed by atoms with Crippen molar-refractivity contribution in [3.05, 3.63) is 95.5 Å². The Labute approximate surface area is 217 Å². The second-order valence-corrected chi connectivity index (χ2v) is 10.1. The second-order valence-electron chi connectivity index (χ2n) is 7.07. The van der Waals surface area contributed by atoms with Gasteiger partial charge < -0.3 is 15.4 Å². The Morgan fingerprint density at radius 3 is 2.44 bits per heavy atom. The highest BCUT2D eigenvalue weighted by Crippen LogP contribution is 2.37. The number of carbonyl (C=O) groups excluding carboxylic acids is 1. The van der Waals surface area contributed by atoms with Crippen LogP contribution in [0.5, 0.6) is 0 Å². The number of benzene rings is 3. The lowest BCUT2D eigenvalue weighted by Crippen LogP contribution is -2.20. The Kier molecular flexibility index (Phi) is 8.24. The zero-order valence-corrected chi connectivity index (χ0v) is 21.4. The average molecular weight is 525 g/mol. The summed E-state index contributed by atoms with van der Waals surface area (Å²) < 4.78 is 5.26. The van der Waals surface area contributed by atoms with E-state index in [1.165, 1.54) is 11.3 Å². The van der Waals surface area contributed by atoms with E-state index in [-0.39, 0.29) is 5.97 Å². The molecular weight excluding hydrogens is 504 g/mol. The summed E-state index contributed by atoms with van der Waals surface area (Å²) in [5.41, 5.74) is 2.34. The summed E-state index contributed by atoms with van der Waals surface area (Å²) in [4.78, 5) is 15.6. The Morgan fingerprint density at radius 2 is 1.71 bits per heavy atom.